The normalized spacial score (nSPS) is 13.5. The Balaban J connectivity index is 1.65. The quantitative estimate of drug-likeness (QED) is 0.396. The highest BCUT2D eigenvalue weighted by Gasteiger charge is 2.23. The monoisotopic (exact) mass is 512 g/mol. The molecule has 0 spiro atoms. The number of benzene rings is 2. The number of nitrogens with one attached hydrogen (secondary N) is 1. The molecular formula is C27H36N4O4S. The first kappa shape index (κ1) is 27.5. The van der Waals surface area contributed by atoms with Crippen molar-refractivity contribution in [3.05, 3.63) is 53.6 Å². The number of methoxy groups -OCH3 is 1. The summed E-state index contributed by atoms with van der Waals surface area (Å²) in [6, 6.07) is 13.2. The van der Waals surface area contributed by atoms with E-state index >= 15 is 0 Å². The molecule has 3 rings (SSSR count). The zero-order chi connectivity index (χ0) is 25.9. The minimum Gasteiger partial charge on any atom is -0.493 e. The van der Waals surface area contributed by atoms with Gasteiger partial charge in [-0.15, -0.1) is 0 Å². The van der Waals surface area contributed by atoms with E-state index in [1.807, 2.05) is 42.5 Å². The van der Waals surface area contributed by atoms with Crippen LogP contribution >= 0.6 is 11.8 Å². The van der Waals surface area contributed by atoms with Crippen molar-refractivity contribution in [2.24, 2.45) is 5.10 Å². The second-order valence-corrected chi connectivity index (χ2v) is 9.32. The van der Waals surface area contributed by atoms with E-state index in [0.29, 0.717) is 36.8 Å². The van der Waals surface area contributed by atoms with Crippen LogP contribution < -0.4 is 14.8 Å². The van der Waals surface area contributed by atoms with Gasteiger partial charge < -0.3 is 19.7 Å². The van der Waals surface area contributed by atoms with Crippen LogP contribution in [0.2, 0.25) is 0 Å². The third-order valence-corrected chi connectivity index (χ3v) is 6.74. The van der Waals surface area contributed by atoms with Gasteiger partial charge in [-0.3, -0.25) is 9.59 Å². The number of rotatable bonds is 13. The first-order chi connectivity index (χ1) is 17.5. The van der Waals surface area contributed by atoms with E-state index in [4.69, 9.17) is 9.47 Å². The van der Waals surface area contributed by atoms with E-state index in [9.17, 15) is 9.59 Å². The molecule has 1 N–H and O–H groups in total. The maximum atomic E-state index is 12.5. The van der Waals surface area contributed by atoms with Crippen molar-refractivity contribution in [2.75, 3.05) is 44.4 Å². The van der Waals surface area contributed by atoms with Crippen LogP contribution in [0.1, 0.15) is 44.7 Å². The molecule has 194 valence electrons. The first-order valence-corrected chi connectivity index (χ1v) is 13.4. The van der Waals surface area contributed by atoms with Crippen LogP contribution in [0, 0.1) is 0 Å². The maximum absolute atomic E-state index is 12.5. The molecule has 0 radical (unpaired) electrons. The molecule has 0 saturated heterocycles. The van der Waals surface area contributed by atoms with Crippen LogP contribution in [-0.4, -0.2) is 65.9 Å². The summed E-state index contributed by atoms with van der Waals surface area (Å²) in [4.78, 5) is 27.0. The largest absolute Gasteiger partial charge is 0.493 e. The molecule has 1 heterocycles. The highest BCUT2D eigenvalue weighted by atomic mass is 32.2. The predicted molar refractivity (Wildman–Crippen MR) is 146 cm³/mol. The molecule has 9 heteroatoms. The van der Waals surface area contributed by atoms with E-state index in [1.54, 1.807) is 7.11 Å². The van der Waals surface area contributed by atoms with Crippen LogP contribution in [0.5, 0.6) is 11.5 Å². The summed E-state index contributed by atoms with van der Waals surface area (Å²) in [6.07, 6.45) is 1.35. The third-order valence-electron chi connectivity index (χ3n) is 5.86. The maximum Gasteiger partial charge on any atom is 0.302 e. The van der Waals surface area contributed by atoms with Crippen molar-refractivity contribution >= 4 is 34.3 Å². The Morgan fingerprint density at radius 2 is 1.86 bits per heavy atom. The molecular weight excluding hydrogens is 476 g/mol. The van der Waals surface area contributed by atoms with Crippen LogP contribution in [0.15, 0.2) is 47.6 Å². The van der Waals surface area contributed by atoms with Crippen molar-refractivity contribution in [2.45, 2.75) is 40.2 Å². The zero-order valence-corrected chi connectivity index (χ0v) is 22.4. The Labute approximate surface area is 218 Å². The lowest BCUT2D eigenvalue weighted by atomic mass is 10.1. The molecule has 0 aliphatic carbocycles. The SMILES string of the molecule is CCCOc1cc(C2=NN(Cc3ccc(NC(=O)CCN(CC)CC)cc3)C(=O)SC2)ccc1OC. The Hall–Kier alpha value is -3.04. The molecule has 2 aromatic rings. The lowest BCUT2D eigenvalue weighted by molar-refractivity contribution is -0.116. The summed E-state index contributed by atoms with van der Waals surface area (Å²) in [7, 11) is 1.62. The minimum absolute atomic E-state index is 0.00622. The topological polar surface area (TPSA) is 83.5 Å². The van der Waals surface area contributed by atoms with Crippen LogP contribution in [0.4, 0.5) is 10.5 Å². The summed E-state index contributed by atoms with van der Waals surface area (Å²) >= 11 is 1.23. The fourth-order valence-corrected chi connectivity index (χ4v) is 4.47. The number of thioether (sulfide) groups is 1. The van der Waals surface area contributed by atoms with Gasteiger partial charge in [-0.2, -0.15) is 5.10 Å². The molecule has 1 aliphatic rings. The minimum atomic E-state index is -0.0940. The average molecular weight is 513 g/mol. The van der Waals surface area contributed by atoms with Gasteiger partial charge in [0, 0.05) is 30.0 Å². The van der Waals surface area contributed by atoms with Gasteiger partial charge in [-0.1, -0.05) is 44.7 Å². The fraction of sp³-hybridized carbons (Fsp3) is 0.444. The van der Waals surface area contributed by atoms with E-state index in [2.05, 4.69) is 36.1 Å². The van der Waals surface area contributed by atoms with Crippen LogP contribution in [0.25, 0.3) is 0 Å². The molecule has 8 nitrogen and oxygen atoms in total. The second kappa shape index (κ2) is 13.9. The molecule has 2 amide bonds. The van der Waals surface area contributed by atoms with Gasteiger partial charge in [0.1, 0.15) is 0 Å². The molecule has 0 bridgehead atoms. The standard InChI is InChI=1S/C27H36N4O4S/c1-5-16-35-25-17-21(10-13-24(25)34-4)23-19-36-27(33)31(29-23)18-20-8-11-22(12-9-20)28-26(32)14-15-30(6-2)7-3/h8-13,17H,5-7,14-16,18-19H2,1-4H3,(H,28,32). The number of anilines is 1. The number of hydrogen-bond donors (Lipinski definition) is 1. The van der Waals surface area contributed by atoms with E-state index < -0.39 is 0 Å². The second-order valence-electron chi connectivity index (χ2n) is 8.40. The predicted octanol–water partition coefficient (Wildman–Crippen LogP) is 5.23. The molecule has 0 saturated carbocycles. The van der Waals surface area contributed by atoms with Crippen LogP contribution in [0.3, 0.4) is 0 Å². The number of ether oxygens (including phenoxy) is 2. The summed E-state index contributed by atoms with van der Waals surface area (Å²) < 4.78 is 11.2. The number of hydrogen-bond acceptors (Lipinski definition) is 7. The van der Waals surface area contributed by atoms with Gasteiger partial charge in [-0.25, -0.2) is 5.01 Å². The first-order valence-electron chi connectivity index (χ1n) is 12.4. The highest BCUT2D eigenvalue weighted by molar-refractivity contribution is 8.14. The number of hydrazone groups is 1. The zero-order valence-electron chi connectivity index (χ0n) is 21.6. The van der Waals surface area contributed by atoms with Gasteiger partial charge in [0.15, 0.2) is 11.5 Å². The fourth-order valence-electron chi connectivity index (χ4n) is 3.73. The van der Waals surface area contributed by atoms with Gasteiger partial charge in [0.05, 0.1) is 26.0 Å². The molecule has 0 atom stereocenters. The van der Waals surface area contributed by atoms with Crippen molar-refractivity contribution < 1.29 is 19.1 Å². The molecule has 2 aromatic carbocycles. The summed E-state index contributed by atoms with van der Waals surface area (Å²) in [6.45, 7) is 9.79. The van der Waals surface area contributed by atoms with Gasteiger partial charge in [-0.05, 0) is 55.4 Å². The van der Waals surface area contributed by atoms with E-state index in [-0.39, 0.29) is 11.1 Å². The Bertz CT molecular complexity index is 1050. The number of amides is 2. The lowest BCUT2D eigenvalue weighted by Gasteiger charge is -2.23. The summed E-state index contributed by atoms with van der Waals surface area (Å²) in [5, 5.41) is 8.97. The Morgan fingerprint density at radius 3 is 2.53 bits per heavy atom. The Kier molecular flexibility index (Phi) is 10.6. The number of carbonyl (C=O) groups excluding carboxylic acids is 2. The van der Waals surface area contributed by atoms with Crippen molar-refractivity contribution in [3.8, 4) is 11.5 Å². The summed E-state index contributed by atoms with van der Waals surface area (Å²) in [5.74, 6) is 1.83. The number of nitrogens with zero attached hydrogens (tertiary/aromatic N) is 3. The average Bonchev–Trinajstić information content (AvgIpc) is 2.90. The Morgan fingerprint density at radius 1 is 1.11 bits per heavy atom. The summed E-state index contributed by atoms with van der Waals surface area (Å²) in [5.41, 5.74) is 3.37. The molecule has 36 heavy (non-hydrogen) atoms. The van der Waals surface area contributed by atoms with Crippen molar-refractivity contribution in [1.82, 2.24) is 9.91 Å². The van der Waals surface area contributed by atoms with Crippen molar-refractivity contribution in [3.63, 3.8) is 0 Å². The molecule has 0 unspecified atom stereocenters. The highest BCUT2D eigenvalue weighted by Crippen LogP contribution is 2.30. The molecule has 0 aromatic heterocycles. The lowest BCUT2D eigenvalue weighted by Crippen LogP contribution is -2.29. The van der Waals surface area contributed by atoms with Gasteiger partial charge in [0.25, 0.3) is 0 Å². The molecule has 1 aliphatic heterocycles. The smallest absolute Gasteiger partial charge is 0.302 e. The van der Waals surface area contributed by atoms with E-state index in [0.717, 1.165) is 48.6 Å². The molecule has 0 fully saturated rings. The van der Waals surface area contributed by atoms with Gasteiger partial charge >= 0.3 is 5.24 Å². The van der Waals surface area contributed by atoms with Gasteiger partial charge in [0.2, 0.25) is 5.91 Å². The third kappa shape index (κ3) is 7.73. The van der Waals surface area contributed by atoms with Crippen molar-refractivity contribution in [1.29, 1.82) is 0 Å². The van der Waals surface area contributed by atoms with Crippen LogP contribution in [-0.2, 0) is 11.3 Å². The van der Waals surface area contributed by atoms with E-state index in [1.165, 1.54) is 16.8 Å². The number of carbonyl (C=O) groups is 2.